The number of aromatic nitrogens is 1. The molecule has 2 aromatic rings. The van der Waals surface area contributed by atoms with Gasteiger partial charge in [-0.05, 0) is 24.3 Å². The third kappa shape index (κ3) is 1.85. The molecule has 4 heteroatoms. The minimum Gasteiger partial charge on any atom is -0.355 e. The van der Waals surface area contributed by atoms with Gasteiger partial charge in [0, 0.05) is 23.1 Å². The molecule has 1 aromatic carbocycles. The molecule has 1 N–H and O–H groups in total. The topological polar surface area (TPSA) is 42.0 Å². The van der Waals surface area contributed by atoms with Gasteiger partial charge in [0.25, 0.3) is 5.91 Å². The molecule has 76 valence electrons. The fraction of sp³-hybridized carbons (Fsp3) is 0.0909. The molecule has 0 bridgehead atoms. The molecule has 0 spiro atoms. The number of pyridine rings is 1. The van der Waals surface area contributed by atoms with Crippen LogP contribution in [0.4, 0.5) is 0 Å². The number of hydrogen-bond donors (Lipinski definition) is 1. The number of carbonyl (C=O) groups is 1. The van der Waals surface area contributed by atoms with Crippen molar-refractivity contribution in [2.45, 2.75) is 0 Å². The van der Waals surface area contributed by atoms with E-state index in [4.69, 9.17) is 0 Å². The summed E-state index contributed by atoms with van der Waals surface area (Å²) < 4.78 is 0.938. The highest BCUT2D eigenvalue weighted by Crippen LogP contribution is 2.21. The molecule has 1 heterocycles. The Hall–Kier alpha value is -1.42. The van der Waals surface area contributed by atoms with E-state index in [1.54, 1.807) is 19.3 Å². The third-order valence-electron chi connectivity index (χ3n) is 2.18. The summed E-state index contributed by atoms with van der Waals surface area (Å²) in [7, 11) is 1.62. The zero-order valence-corrected chi connectivity index (χ0v) is 9.71. The highest BCUT2D eigenvalue weighted by atomic mass is 79.9. The molecule has 15 heavy (non-hydrogen) atoms. The highest BCUT2D eigenvalue weighted by molar-refractivity contribution is 9.10. The van der Waals surface area contributed by atoms with Gasteiger partial charge in [-0.1, -0.05) is 15.9 Å². The molecule has 0 saturated heterocycles. The Kier molecular flexibility index (Phi) is 2.68. The molecule has 3 nitrogen and oxygen atoms in total. The summed E-state index contributed by atoms with van der Waals surface area (Å²) in [6.07, 6.45) is 1.64. The first-order valence-corrected chi connectivity index (χ1v) is 5.28. The van der Waals surface area contributed by atoms with Crippen molar-refractivity contribution in [2.24, 2.45) is 0 Å². The van der Waals surface area contributed by atoms with Crippen LogP contribution in [0.5, 0.6) is 0 Å². The number of amides is 1. The minimum atomic E-state index is -0.0968. The summed E-state index contributed by atoms with van der Waals surface area (Å²) in [4.78, 5) is 15.8. The fourth-order valence-corrected chi connectivity index (χ4v) is 1.81. The SMILES string of the molecule is CNC(=O)c1ccnc2ccc(Br)cc12. The van der Waals surface area contributed by atoms with E-state index in [9.17, 15) is 4.79 Å². The molecule has 0 radical (unpaired) electrons. The predicted molar refractivity (Wildman–Crippen MR) is 62.8 cm³/mol. The van der Waals surface area contributed by atoms with Crippen LogP contribution in [0.15, 0.2) is 34.9 Å². The van der Waals surface area contributed by atoms with Crippen molar-refractivity contribution in [3.05, 3.63) is 40.5 Å². The lowest BCUT2D eigenvalue weighted by atomic mass is 10.1. The third-order valence-corrected chi connectivity index (χ3v) is 2.67. The first-order chi connectivity index (χ1) is 7.22. The van der Waals surface area contributed by atoms with Gasteiger partial charge in [-0.25, -0.2) is 0 Å². The van der Waals surface area contributed by atoms with Crippen molar-refractivity contribution in [3.8, 4) is 0 Å². The Balaban J connectivity index is 2.74. The second-order valence-electron chi connectivity index (χ2n) is 3.10. The van der Waals surface area contributed by atoms with Gasteiger partial charge in [-0.2, -0.15) is 0 Å². The average Bonchev–Trinajstić information content (AvgIpc) is 2.27. The van der Waals surface area contributed by atoms with Gasteiger partial charge >= 0.3 is 0 Å². The maximum Gasteiger partial charge on any atom is 0.251 e. The number of fused-ring (bicyclic) bond motifs is 1. The Morgan fingerprint density at radius 2 is 2.20 bits per heavy atom. The van der Waals surface area contributed by atoms with E-state index in [0.717, 1.165) is 15.4 Å². The largest absolute Gasteiger partial charge is 0.355 e. The van der Waals surface area contributed by atoms with Gasteiger partial charge < -0.3 is 5.32 Å². The Labute approximate surface area is 95.6 Å². The number of hydrogen-bond acceptors (Lipinski definition) is 2. The second-order valence-corrected chi connectivity index (χ2v) is 4.01. The minimum absolute atomic E-state index is 0.0968. The maximum atomic E-state index is 11.6. The van der Waals surface area contributed by atoms with Crippen LogP contribution in [0.3, 0.4) is 0 Å². The van der Waals surface area contributed by atoms with Crippen LogP contribution in [-0.4, -0.2) is 17.9 Å². The molecule has 0 aliphatic heterocycles. The van der Waals surface area contributed by atoms with Crippen molar-refractivity contribution >= 4 is 32.7 Å². The number of benzene rings is 1. The van der Waals surface area contributed by atoms with Gasteiger partial charge in [0.2, 0.25) is 0 Å². The van der Waals surface area contributed by atoms with Gasteiger partial charge in [0.15, 0.2) is 0 Å². The van der Waals surface area contributed by atoms with E-state index >= 15 is 0 Å². The zero-order chi connectivity index (χ0) is 10.8. The van der Waals surface area contributed by atoms with E-state index in [0.29, 0.717) is 5.56 Å². The number of nitrogens with one attached hydrogen (secondary N) is 1. The lowest BCUT2D eigenvalue weighted by molar-refractivity contribution is 0.0964. The van der Waals surface area contributed by atoms with Crippen LogP contribution in [0, 0.1) is 0 Å². The van der Waals surface area contributed by atoms with Crippen molar-refractivity contribution in [3.63, 3.8) is 0 Å². The van der Waals surface area contributed by atoms with Crippen molar-refractivity contribution in [1.29, 1.82) is 0 Å². The molecular formula is C11H9BrN2O. The van der Waals surface area contributed by atoms with Crippen LogP contribution >= 0.6 is 15.9 Å². The van der Waals surface area contributed by atoms with Crippen LogP contribution in [0.2, 0.25) is 0 Å². The Morgan fingerprint density at radius 1 is 1.40 bits per heavy atom. The summed E-state index contributed by atoms with van der Waals surface area (Å²) in [5.41, 5.74) is 1.46. The zero-order valence-electron chi connectivity index (χ0n) is 8.12. The van der Waals surface area contributed by atoms with Gasteiger partial charge in [0.1, 0.15) is 0 Å². The average molecular weight is 265 g/mol. The molecule has 1 amide bonds. The lowest BCUT2D eigenvalue weighted by Gasteiger charge is -2.04. The standard InChI is InChI=1S/C11H9BrN2O/c1-13-11(15)8-4-5-14-10-3-2-7(12)6-9(8)10/h2-6H,1H3,(H,13,15). The van der Waals surface area contributed by atoms with E-state index < -0.39 is 0 Å². The second kappa shape index (κ2) is 3.98. The molecule has 1 aromatic heterocycles. The van der Waals surface area contributed by atoms with Crippen molar-refractivity contribution in [2.75, 3.05) is 7.05 Å². The molecule has 0 unspecified atom stereocenters. The summed E-state index contributed by atoms with van der Waals surface area (Å²) in [5.74, 6) is -0.0968. The molecule has 2 rings (SSSR count). The van der Waals surface area contributed by atoms with Gasteiger partial charge in [-0.3, -0.25) is 9.78 Å². The molecular weight excluding hydrogens is 256 g/mol. The summed E-state index contributed by atoms with van der Waals surface area (Å²) in [5, 5.41) is 3.46. The van der Waals surface area contributed by atoms with Gasteiger partial charge in [-0.15, -0.1) is 0 Å². The molecule has 0 aliphatic rings. The highest BCUT2D eigenvalue weighted by Gasteiger charge is 2.08. The molecule has 0 fully saturated rings. The van der Waals surface area contributed by atoms with Crippen molar-refractivity contribution < 1.29 is 4.79 Å². The molecule has 0 aliphatic carbocycles. The van der Waals surface area contributed by atoms with E-state index in [-0.39, 0.29) is 5.91 Å². The summed E-state index contributed by atoms with van der Waals surface area (Å²) >= 11 is 3.38. The molecule has 0 atom stereocenters. The lowest BCUT2D eigenvalue weighted by Crippen LogP contribution is -2.18. The Morgan fingerprint density at radius 3 is 2.93 bits per heavy atom. The summed E-state index contributed by atoms with van der Waals surface area (Å²) in [6, 6.07) is 7.40. The van der Waals surface area contributed by atoms with Crippen LogP contribution in [-0.2, 0) is 0 Å². The number of carbonyl (C=O) groups excluding carboxylic acids is 1. The number of halogens is 1. The first kappa shape index (κ1) is 10.1. The number of nitrogens with zero attached hydrogens (tertiary/aromatic N) is 1. The predicted octanol–water partition coefficient (Wildman–Crippen LogP) is 2.36. The summed E-state index contributed by atoms with van der Waals surface area (Å²) in [6.45, 7) is 0. The van der Waals surface area contributed by atoms with E-state index in [1.807, 2.05) is 18.2 Å². The molecule has 0 saturated carbocycles. The smallest absolute Gasteiger partial charge is 0.251 e. The fourth-order valence-electron chi connectivity index (χ4n) is 1.45. The van der Waals surface area contributed by atoms with Crippen LogP contribution in [0.1, 0.15) is 10.4 Å². The monoisotopic (exact) mass is 264 g/mol. The van der Waals surface area contributed by atoms with Crippen LogP contribution < -0.4 is 5.32 Å². The van der Waals surface area contributed by atoms with E-state index in [2.05, 4.69) is 26.2 Å². The van der Waals surface area contributed by atoms with Crippen LogP contribution in [0.25, 0.3) is 10.9 Å². The first-order valence-electron chi connectivity index (χ1n) is 4.48. The quantitative estimate of drug-likeness (QED) is 0.860. The Bertz CT molecular complexity index is 525. The normalized spacial score (nSPS) is 10.3. The number of rotatable bonds is 1. The van der Waals surface area contributed by atoms with Crippen molar-refractivity contribution in [1.82, 2.24) is 10.3 Å². The van der Waals surface area contributed by atoms with E-state index in [1.165, 1.54) is 0 Å². The maximum absolute atomic E-state index is 11.6. The van der Waals surface area contributed by atoms with Gasteiger partial charge in [0.05, 0.1) is 11.1 Å².